The summed E-state index contributed by atoms with van der Waals surface area (Å²) in [5.74, 6) is -0.293. The first-order valence-electron chi connectivity index (χ1n) is 10.5. The van der Waals surface area contributed by atoms with Crippen molar-refractivity contribution in [2.45, 2.75) is 25.2 Å². The predicted octanol–water partition coefficient (Wildman–Crippen LogP) is 4.76. The normalized spacial score (nSPS) is 20.1. The van der Waals surface area contributed by atoms with Gasteiger partial charge in [0, 0.05) is 29.5 Å². The molecule has 1 amide bonds. The van der Waals surface area contributed by atoms with Crippen molar-refractivity contribution >= 4 is 51.4 Å². The summed E-state index contributed by atoms with van der Waals surface area (Å²) in [7, 11) is 0. The number of hydrogen-bond acceptors (Lipinski definition) is 5. The van der Waals surface area contributed by atoms with Gasteiger partial charge in [-0.2, -0.15) is 23.3 Å². The number of amides is 1. The van der Waals surface area contributed by atoms with Gasteiger partial charge in [-0.05, 0) is 59.7 Å². The molecule has 1 fully saturated rings. The molecule has 11 heteroatoms. The topological polar surface area (TPSA) is 76.5 Å². The minimum atomic E-state index is -4.52. The standard InChI is InChI=1S/C23H19ClF3N5OS/c24-16-3-2-14(18(9-16)23(25,26)27)11-32-19-4-1-13(7-15(19)10-29-32)8-20-21(33)30-22(34-20)31-6-5-17(28)12-31/h1-4,7-10,17H,5-6,11-12,28H2/t17-/m1/s1. The van der Waals surface area contributed by atoms with Gasteiger partial charge in [-0.25, -0.2) is 0 Å². The summed E-state index contributed by atoms with van der Waals surface area (Å²) in [6, 6.07) is 9.24. The summed E-state index contributed by atoms with van der Waals surface area (Å²) >= 11 is 7.10. The third kappa shape index (κ3) is 4.57. The quantitative estimate of drug-likeness (QED) is 0.519. The number of thioether (sulfide) groups is 1. The van der Waals surface area contributed by atoms with Gasteiger partial charge in [0.05, 0.1) is 28.7 Å². The van der Waals surface area contributed by atoms with Crippen molar-refractivity contribution in [2.75, 3.05) is 13.1 Å². The Kier molecular flexibility index (Phi) is 5.91. The van der Waals surface area contributed by atoms with E-state index in [1.807, 2.05) is 11.0 Å². The third-order valence-electron chi connectivity index (χ3n) is 5.77. The first-order chi connectivity index (χ1) is 16.2. The zero-order valence-electron chi connectivity index (χ0n) is 17.7. The summed E-state index contributed by atoms with van der Waals surface area (Å²) in [5.41, 5.74) is 6.70. The Hall–Kier alpha value is -2.82. The molecule has 6 nitrogen and oxygen atoms in total. The number of likely N-dealkylation sites (tertiary alicyclic amines) is 1. The van der Waals surface area contributed by atoms with Crippen LogP contribution in [0.1, 0.15) is 23.1 Å². The highest BCUT2D eigenvalue weighted by Crippen LogP contribution is 2.35. The molecule has 1 saturated heterocycles. The number of amidine groups is 1. The lowest BCUT2D eigenvalue weighted by molar-refractivity contribution is -0.138. The Bertz CT molecular complexity index is 1350. The van der Waals surface area contributed by atoms with Crippen LogP contribution in [0.5, 0.6) is 0 Å². The van der Waals surface area contributed by atoms with Crippen LogP contribution in [-0.2, 0) is 17.5 Å². The number of rotatable bonds is 3. The zero-order chi connectivity index (χ0) is 24.0. The molecular formula is C23H19ClF3N5OS. The van der Waals surface area contributed by atoms with Gasteiger partial charge in [-0.1, -0.05) is 23.7 Å². The van der Waals surface area contributed by atoms with Gasteiger partial charge >= 0.3 is 6.18 Å². The van der Waals surface area contributed by atoms with Crippen LogP contribution in [0.15, 0.2) is 52.5 Å². The highest BCUT2D eigenvalue weighted by Gasteiger charge is 2.34. The number of carbonyl (C=O) groups excluding carboxylic acids is 1. The molecule has 1 atom stereocenters. The minimum Gasteiger partial charge on any atom is -0.349 e. The van der Waals surface area contributed by atoms with E-state index < -0.39 is 11.7 Å². The number of hydrogen-bond donors (Lipinski definition) is 1. The van der Waals surface area contributed by atoms with E-state index in [1.54, 1.807) is 24.4 Å². The molecule has 0 radical (unpaired) electrons. The van der Waals surface area contributed by atoms with E-state index in [0.717, 1.165) is 30.0 Å². The van der Waals surface area contributed by atoms with E-state index in [-0.39, 0.29) is 29.1 Å². The summed E-state index contributed by atoms with van der Waals surface area (Å²) in [6.45, 7) is 1.41. The second-order valence-electron chi connectivity index (χ2n) is 8.22. The molecule has 3 aromatic rings. The number of nitrogens with zero attached hydrogens (tertiary/aromatic N) is 4. The van der Waals surface area contributed by atoms with Crippen molar-refractivity contribution in [2.24, 2.45) is 10.7 Å². The van der Waals surface area contributed by atoms with Crippen LogP contribution in [0.25, 0.3) is 17.0 Å². The summed E-state index contributed by atoms with van der Waals surface area (Å²) in [4.78, 5) is 19.1. The van der Waals surface area contributed by atoms with Gasteiger partial charge in [0.15, 0.2) is 5.17 Å². The fraction of sp³-hybridized carbons (Fsp3) is 0.261. The number of halogens is 4. The van der Waals surface area contributed by atoms with E-state index in [9.17, 15) is 18.0 Å². The molecule has 176 valence electrons. The molecule has 2 aromatic carbocycles. The Morgan fingerprint density at radius 1 is 1.24 bits per heavy atom. The maximum atomic E-state index is 13.5. The van der Waals surface area contributed by atoms with Crippen molar-refractivity contribution in [1.82, 2.24) is 14.7 Å². The molecule has 0 bridgehead atoms. The number of carbonyl (C=O) groups is 1. The van der Waals surface area contributed by atoms with Crippen LogP contribution in [0.2, 0.25) is 5.02 Å². The number of aliphatic imine (C=N–C) groups is 1. The first-order valence-corrected chi connectivity index (χ1v) is 11.7. The van der Waals surface area contributed by atoms with Crippen molar-refractivity contribution < 1.29 is 18.0 Å². The lowest BCUT2D eigenvalue weighted by Gasteiger charge is -2.15. The monoisotopic (exact) mass is 505 g/mol. The number of aromatic nitrogens is 2. The second-order valence-corrected chi connectivity index (χ2v) is 9.67. The van der Waals surface area contributed by atoms with Crippen LogP contribution in [0.3, 0.4) is 0 Å². The Labute approximate surface area is 202 Å². The van der Waals surface area contributed by atoms with Gasteiger partial charge < -0.3 is 10.6 Å². The van der Waals surface area contributed by atoms with Gasteiger partial charge in [0.1, 0.15) is 0 Å². The molecule has 2 N–H and O–H groups in total. The molecule has 34 heavy (non-hydrogen) atoms. The van der Waals surface area contributed by atoms with Gasteiger partial charge in [-0.3, -0.25) is 9.48 Å². The molecule has 5 rings (SSSR count). The maximum Gasteiger partial charge on any atom is 0.416 e. The fourth-order valence-electron chi connectivity index (χ4n) is 4.08. The van der Waals surface area contributed by atoms with Crippen molar-refractivity contribution in [3.63, 3.8) is 0 Å². The highest BCUT2D eigenvalue weighted by molar-refractivity contribution is 8.18. The Morgan fingerprint density at radius 3 is 2.79 bits per heavy atom. The summed E-state index contributed by atoms with van der Waals surface area (Å²) in [5, 5.41) is 5.72. The zero-order valence-corrected chi connectivity index (χ0v) is 19.3. The van der Waals surface area contributed by atoms with Crippen LogP contribution in [-0.4, -0.2) is 44.9 Å². The van der Waals surface area contributed by atoms with E-state index >= 15 is 0 Å². The van der Waals surface area contributed by atoms with Crippen LogP contribution in [0, 0.1) is 0 Å². The second kappa shape index (κ2) is 8.75. The van der Waals surface area contributed by atoms with Crippen LogP contribution in [0.4, 0.5) is 13.2 Å². The molecule has 2 aliphatic rings. The van der Waals surface area contributed by atoms with E-state index in [1.165, 1.54) is 28.6 Å². The SMILES string of the molecule is N[C@@H]1CCN(C2=NC(=O)C(=Cc3ccc4c(cnn4Cc4ccc(Cl)cc4C(F)(F)F)c3)S2)C1. The average Bonchev–Trinajstić information content (AvgIpc) is 3.48. The Balaban J connectivity index is 1.38. The van der Waals surface area contributed by atoms with E-state index in [0.29, 0.717) is 22.1 Å². The van der Waals surface area contributed by atoms with Crippen LogP contribution >= 0.6 is 23.4 Å². The molecule has 0 aliphatic carbocycles. The third-order valence-corrected chi connectivity index (χ3v) is 7.05. The van der Waals surface area contributed by atoms with Crippen molar-refractivity contribution in [1.29, 1.82) is 0 Å². The molecule has 2 aliphatic heterocycles. The molecule has 3 heterocycles. The molecule has 0 spiro atoms. The van der Waals surface area contributed by atoms with E-state index in [2.05, 4.69) is 10.1 Å². The minimum absolute atomic E-state index is 0.0260. The van der Waals surface area contributed by atoms with Crippen molar-refractivity contribution in [3.05, 3.63) is 69.2 Å². The number of fused-ring (bicyclic) bond motifs is 1. The van der Waals surface area contributed by atoms with Crippen LogP contribution < -0.4 is 5.73 Å². The summed E-state index contributed by atoms with van der Waals surface area (Å²) < 4.78 is 41.9. The molecule has 1 aromatic heterocycles. The highest BCUT2D eigenvalue weighted by atomic mass is 35.5. The lowest BCUT2D eigenvalue weighted by Crippen LogP contribution is -2.29. The first kappa shape index (κ1) is 22.9. The lowest BCUT2D eigenvalue weighted by atomic mass is 10.1. The van der Waals surface area contributed by atoms with Gasteiger partial charge in [-0.15, -0.1) is 0 Å². The van der Waals surface area contributed by atoms with Gasteiger partial charge in [0.25, 0.3) is 5.91 Å². The van der Waals surface area contributed by atoms with E-state index in [4.69, 9.17) is 17.3 Å². The molecular weight excluding hydrogens is 487 g/mol. The largest absolute Gasteiger partial charge is 0.416 e. The molecule has 0 unspecified atom stereocenters. The number of alkyl halides is 3. The van der Waals surface area contributed by atoms with Gasteiger partial charge in [0.2, 0.25) is 0 Å². The maximum absolute atomic E-state index is 13.5. The van der Waals surface area contributed by atoms with Crippen molar-refractivity contribution in [3.8, 4) is 0 Å². The smallest absolute Gasteiger partial charge is 0.349 e. The fourth-order valence-corrected chi connectivity index (χ4v) is 5.20. The average molecular weight is 506 g/mol. The molecule has 0 saturated carbocycles. The number of nitrogens with two attached hydrogens (primary N) is 1. The summed E-state index contributed by atoms with van der Waals surface area (Å²) in [6.07, 6.45) is -0.294. The Morgan fingerprint density at radius 2 is 2.06 bits per heavy atom. The number of benzene rings is 2. The predicted molar refractivity (Wildman–Crippen MR) is 127 cm³/mol.